The highest BCUT2D eigenvalue weighted by Crippen LogP contribution is 2.62. The molecule has 0 N–H and O–H groups in total. The standard InChI is InChI=1S/C32H39ClN2O3/c1-31-12-5-13-32(21-37-32)28(31)18-25-26(30(36)38-27(25)19-31)20-34-14-16-35(17-15-34)29(22-6-3-2-4-7-22)23-8-10-24(33)11-9-23/h2-4,6-11,25-29H,5,12-21H2,1H3/t25-,26+,27-,28-,29-,31-,32+/m1/s1. The van der Waals surface area contributed by atoms with E-state index in [0.717, 1.165) is 57.2 Å². The summed E-state index contributed by atoms with van der Waals surface area (Å²) in [6, 6.07) is 19.2. The molecule has 1 spiro atoms. The van der Waals surface area contributed by atoms with Gasteiger partial charge in [0.05, 0.1) is 24.2 Å². The number of hydrogen-bond donors (Lipinski definition) is 0. The van der Waals surface area contributed by atoms with Crippen LogP contribution in [0.25, 0.3) is 0 Å². The largest absolute Gasteiger partial charge is 0.462 e. The second-order valence-electron chi connectivity index (χ2n) is 12.8. The van der Waals surface area contributed by atoms with E-state index in [0.29, 0.717) is 11.8 Å². The molecule has 38 heavy (non-hydrogen) atoms. The van der Waals surface area contributed by atoms with Gasteiger partial charge in [-0.1, -0.05) is 61.0 Å². The van der Waals surface area contributed by atoms with Gasteiger partial charge in [0, 0.05) is 43.7 Å². The quantitative estimate of drug-likeness (QED) is 0.370. The summed E-state index contributed by atoms with van der Waals surface area (Å²) in [4.78, 5) is 18.3. The van der Waals surface area contributed by atoms with Crippen molar-refractivity contribution in [3.8, 4) is 0 Å². The zero-order chi connectivity index (χ0) is 25.9. The zero-order valence-corrected chi connectivity index (χ0v) is 23.1. The smallest absolute Gasteiger partial charge is 0.310 e. The van der Waals surface area contributed by atoms with Gasteiger partial charge in [-0.15, -0.1) is 0 Å². The minimum absolute atomic E-state index is 0.00462. The van der Waals surface area contributed by atoms with Crippen molar-refractivity contribution >= 4 is 17.6 Å². The molecule has 0 bridgehead atoms. The number of piperazine rings is 1. The lowest BCUT2D eigenvalue weighted by Gasteiger charge is -2.51. The Balaban J connectivity index is 1.04. The van der Waals surface area contributed by atoms with E-state index in [1.165, 1.54) is 30.4 Å². The number of epoxide rings is 1. The van der Waals surface area contributed by atoms with E-state index in [4.69, 9.17) is 21.1 Å². The van der Waals surface area contributed by atoms with Crippen LogP contribution < -0.4 is 0 Å². The van der Waals surface area contributed by atoms with Crippen molar-refractivity contribution in [1.82, 2.24) is 9.80 Å². The summed E-state index contributed by atoms with van der Waals surface area (Å²) in [5, 5.41) is 0.766. The molecule has 0 aromatic heterocycles. The molecule has 202 valence electrons. The lowest BCUT2D eigenvalue weighted by Crippen LogP contribution is -2.52. The first-order chi connectivity index (χ1) is 18.4. The lowest BCUT2D eigenvalue weighted by molar-refractivity contribution is -0.147. The second-order valence-corrected chi connectivity index (χ2v) is 13.2. The Kier molecular flexibility index (Phi) is 6.35. The van der Waals surface area contributed by atoms with Crippen molar-refractivity contribution in [2.24, 2.45) is 23.2 Å². The number of ether oxygens (including phenoxy) is 2. The molecule has 0 radical (unpaired) electrons. The highest BCUT2D eigenvalue weighted by atomic mass is 35.5. The van der Waals surface area contributed by atoms with Crippen LogP contribution in [0.3, 0.4) is 0 Å². The molecule has 2 aromatic rings. The molecule has 6 heteroatoms. The maximum atomic E-state index is 13.2. The Morgan fingerprint density at radius 1 is 1.00 bits per heavy atom. The summed E-state index contributed by atoms with van der Waals surface area (Å²) in [6.07, 6.45) is 5.88. The normalized spacial score (nSPS) is 37.9. The predicted octanol–water partition coefficient (Wildman–Crippen LogP) is 5.57. The van der Waals surface area contributed by atoms with E-state index >= 15 is 0 Å². The van der Waals surface area contributed by atoms with Crippen LogP contribution in [0.5, 0.6) is 0 Å². The number of esters is 1. The van der Waals surface area contributed by atoms with Crippen LogP contribution >= 0.6 is 11.6 Å². The monoisotopic (exact) mass is 534 g/mol. The molecule has 7 rings (SSSR count). The van der Waals surface area contributed by atoms with E-state index in [9.17, 15) is 4.79 Å². The molecule has 3 saturated heterocycles. The predicted molar refractivity (Wildman–Crippen MR) is 148 cm³/mol. The fraction of sp³-hybridized carbons (Fsp3) is 0.594. The van der Waals surface area contributed by atoms with E-state index in [2.05, 4.69) is 59.2 Å². The summed E-state index contributed by atoms with van der Waals surface area (Å²) in [6.45, 7) is 8.04. The third-order valence-corrected chi connectivity index (χ3v) is 10.9. The Morgan fingerprint density at radius 3 is 2.42 bits per heavy atom. The van der Waals surface area contributed by atoms with Gasteiger partial charge in [-0.2, -0.15) is 0 Å². The summed E-state index contributed by atoms with van der Waals surface area (Å²) in [5.74, 6) is 0.947. The third kappa shape index (κ3) is 4.40. The fourth-order valence-corrected chi connectivity index (χ4v) is 8.67. The highest BCUT2D eigenvalue weighted by Gasteiger charge is 2.65. The molecule has 3 heterocycles. The fourth-order valence-electron chi connectivity index (χ4n) is 8.54. The van der Waals surface area contributed by atoms with Gasteiger partial charge in [0.15, 0.2) is 0 Å². The van der Waals surface area contributed by atoms with Gasteiger partial charge >= 0.3 is 5.97 Å². The number of benzene rings is 2. The molecule has 0 amide bonds. The molecule has 5 aliphatic rings. The maximum Gasteiger partial charge on any atom is 0.310 e. The first-order valence-electron chi connectivity index (χ1n) is 14.6. The summed E-state index contributed by atoms with van der Waals surface area (Å²) in [7, 11) is 0. The van der Waals surface area contributed by atoms with Crippen LogP contribution in [0.4, 0.5) is 0 Å². The zero-order valence-electron chi connectivity index (χ0n) is 22.4. The van der Waals surface area contributed by atoms with E-state index < -0.39 is 0 Å². The third-order valence-electron chi connectivity index (χ3n) is 10.6. The summed E-state index contributed by atoms with van der Waals surface area (Å²) >= 11 is 6.21. The van der Waals surface area contributed by atoms with Crippen LogP contribution in [0, 0.1) is 23.2 Å². The van der Waals surface area contributed by atoms with Gasteiger partial charge in [0.1, 0.15) is 6.10 Å². The molecular weight excluding hydrogens is 496 g/mol. The first kappa shape index (κ1) is 25.1. The van der Waals surface area contributed by atoms with Crippen molar-refractivity contribution < 1.29 is 14.3 Å². The molecular formula is C32H39ClN2O3. The maximum absolute atomic E-state index is 13.2. The Hall–Kier alpha value is -1.92. The summed E-state index contributed by atoms with van der Waals surface area (Å²) < 4.78 is 12.2. The number of halogens is 1. The SMILES string of the molecule is C[C@]12CCC[C@]3(CO3)[C@@H]1C[C@@H]1[C@H](CN3CCN([C@H](c4ccccc4)c4ccc(Cl)cc4)CC3)C(=O)O[C@@H]1C2. The second kappa shape index (κ2) is 9.62. The van der Waals surface area contributed by atoms with Gasteiger partial charge in [0.2, 0.25) is 0 Å². The van der Waals surface area contributed by atoms with Crippen molar-refractivity contribution in [2.45, 2.75) is 56.8 Å². The minimum Gasteiger partial charge on any atom is -0.462 e. The van der Waals surface area contributed by atoms with Gasteiger partial charge in [0.25, 0.3) is 0 Å². The molecule has 2 aromatic carbocycles. The van der Waals surface area contributed by atoms with Crippen molar-refractivity contribution in [3.05, 3.63) is 70.7 Å². The van der Waals surface area contributed by atoms with E-state index in [1.807, 2.05) is 12.1 Å². The van der Waals surface area contributed by atoms with Gasteiger partial charge in [-0.3, -0.25) is 14.6 Å². The molecule has 0 unspecified atom stereocenters. The number of fused-ring (bicyclic) bond motifs is 3. The number of carbonyl (C=O) groups excluding carboxylic acids is 1. The summed E-state index contributed by atoms with van der Waals surface area (Å²) in [5.41, 5.74) is 2.93. The molecule has 7 atom stereocenters. The number of carbonyl (C=O) groups is 1. The van der Waals surface area contributed by atoms with Crippen LogP contribution in [-0.2, 0) is 14.3 Å². The van der Waals surface area contributed by atoms with Gasteiger partial charge in [-0.25, -0.2) is 0 Å². The average Bonchev–Trinajstić information content (AvgIpc) is 3.63. The van der Waals surface area contributed by atoms with Crippen LogP contribution in [0.15, 0.2) is 54.6 Å². The van der Waals surface area contributed by atoms with Gasteiger partial charge in [-0.05, 0) is 66.7 Å². The van der Waals surface area contributed by atoms with Crippen molar-refractivity contribution in [2.75, 3.05) is 39.3 Å². The molecule has 2 aliphatic carbocycles. The van der Waals surface area contributed by atoms with E-state index in [-0.39, 0.29) is 35.0 Å². The average molecular weight is 535 g/mol. The van der Waals surface area contributed by atoms with Crippen molar-refractivity contribution in [1.29, 1.82) is 0 Å². The Labute approximate surface area is 231 Å². The molecule has 3 aliphatic heterocycles. The topological polar surface area (TPSA) is 45.3 Å². The molecule has 2 saturated carbocycles. The van der Waals surface area contributed by atoms with E-state index in [1.54, 1.807) is 0 Å². The minimum atomic E-state index is -0.00462. The lowest BCUT2D eigenvalue weighted by atomic mass is 9.53. The Bertz CT molecular complexity index is 1160. The highest BCUT2D eigenvalue weighted by molar-refractivity contribution is 6.30. The number of hydrogen-bond acceptors (Lipinski definition) is 5. The van der Waals surface area contributed by atoms with Crippen LogP contribution in [0.2, 0.25) is 5.02 Å². The van der Waals surface area contributed by atoms with Crippen molar-refractivity contribution in [3.63, 3.8) is 0 Å². The van der Waals surface area contributed by atoms with Crippen LogP contribution in [-0.4, -0.2) is 66.8 Å². The Morgan fingerprint density at radius 2 is 1.71 bits per heavy atom. The van der Waals surface area contributed by atoms with Crippen LogP contribution in [0.1, 0.15) is 56.2 Å². The molecule has 5 fully saturated rings. The number of rotatable bonds is 5. The molecule has 5 nitrogen and oxygen atoms in total. The first-order valence-corrected chi connectivity index (χ1v) is 14.9. The van der Waals surface area contributed by atoms with Gasteiger partial charge < -0.3 is 9.47 Å². The number of nitrogens with zero attached hydrogens (tertiary/aromatic N) is 2.